The lowest BCUT2D eigenvalue weighted by Gasteiger charge is -2.11. The SMILES string of the molecule is CCNC(=NCc1cccc(OCC(F)F)c1)NCCc1nc(C)c(C)s1.I. The molecule has 1 heterocycles. The van der Waals surface area contributed by atoms with Gasteiger partial charge >= 0.3 is 0 Å². The van der Waals surface area contributed by atoms with Gasteiger partial charge in [-0.05, 0) is 38.5 Å². The van der Waals surface area contributed by atoms with E-state index in [0.29, 0.717) is 18.3 Å². The molecule has 1 aromatic carbocycles. The van der Waals surface area contributed by atoms with E-state index in [2.05, 4.69) is 27.5 Å². The molecule has 0 aliphatic rings. The molecule has 0 radical (unpaired) electrons. The van der Waals surface area contributed by atoms with Crippen LogP contribution in [0.3, 0.4) is 0 Å². The number of guanidine groups is 1. The van der Waals surface area contributed by atoms with Crippen molar-refractivity contribution in [1.29, 1.82) is 0 Å². The first kappa shape index (κ1) is 24.5. The Bertz CT molecular complexity index is 736. The maximum Gasteiger partial charge on any atom is 0.272 e. The van der Waals surface area contributed by atoms with Gasteiger partial charge in [-0.3, -0.25) is 0 Å². The van der Waals surface area contributed by atoms with Crippen molar-refractivity contribution in [2.75, 3.05) is 19.7 Å². The molecule has 0 saturated carbocycles. The molecule has 0 fully saturated rings. The van der Waals surface area contributed by atoms with Gasteiger partial charge in [-0.2, -0.15) is 0 Å². The first-order valence-corrected chi connectivity index (χ1v) is 9.74. The number of hydrogen-bond acceptors (Lipinski definition) is 4. The molecule has 0 aliphatic carbocycles. The standard InChI is InChI=1S/C19H26F2N4OS.HI/c1-4-22-19(23-9-8-18-25-13(2)14(3)27-18)24-11-15-6-5-7-16(10-15)26-12-17(20)21;/h5-7,10,17H,4,8-9,11-12H2,1-3H3,(H2,22,23,24);1H. The van der Waals surface area contributed by atoms with Crippen LogP contribution in [-0.4, -0.2) is 37.1 Å². The summed E-state index contributed by atoms with van der Waals surface area (Å²) in [6, 6.07) is 7.07. The van der Waals surface area contributed by atoms with Gasteiger partial charge in [0.15, 0.2) is 5.96 Å². The maximum absolute atomic E-state index is 12.3. The Hall–Kier alpha value is -1.49. The molecule has 2 aromatic rings. The third-order valence-corrected chi connectivity index (χ3v) is 4.88. The molecule has 0 spiro atoms. The molecule has 0 unspecified atom stereocenters. The molecular weight excluding hydrogens is 497 g/mol. The number of nitrogens with zero attached hydrogens (tertiary/aromatic N) is 2. The molecule has 5 nitrogen and oxygen atoms in total. The van der Waals surface area contributed by atoms with E-state index < -0.39 is 13.0 Å². The second kappa shape index (κ2) is 12.9. The van der Waals surface area contributed by atoms with Crippen molar-refractivity contribution < 1.29 is 13.5 Å². The van der Waals surface area contributed by atoms with Gasteiger partial charge in [-0.1, -0.05) is 12.1 Å². The molecule has 0 saturated heterocycles. The molecule has 2 N–H and O–H groups in total. The van der Waals surface area contributed by atoms with Crippen molar-refractivity contribution in [3.8, 4) is 5.75 Å². The Labute approximate surface area is 186 Å². The zero-order valence-electron chi connectivity index (χ0n) is 16.3. The summed E-state index contributed by atoms with van der Waals surface area (Å²) in [7, 11) is 0. The molecule has 0 bridgehead atoms. The number of aliphatic imine (C=N–C) groups is 1. The van der Waals surface area contributed by atoms with Crippen LogP contribution in [0.4, 0.5) is 8.78 Å². The fourth-order valence-corrected chi connectivity index (χ4v) is 3.27. The lowest BCUT2D eigenvalue weighted by molar-refractivity contribution is 0.0818. The van der Waals surface area contributed by atoms with E-state index in [4.69, 9.17) is 4.74 Å². The minimum atomic E-state index is -2.48. The van der Waals surface area contributed by atoms with Gasteiger partial charge in [0.05, 0.1) is 17.2 Å². The third-order valence-electron chi connectivity index (χ3n) is 3.74. The highest BCUT2D eigenvalue weighted by Crippen LogP contribution is 2.16. The van der Waals surface area contributed by atoms with Crippen LogP contribution in [0.25, 0.3) is 0 Å². The van der Waals surface area contributed by atoms with Crippen LogP contribution in [0.5, 0.6) is 5.75 Å². The number of hydrogen-bond donors (Lipinski definition) is 2. The monoisotopic (exact) mass is 524 g/mol. The van der Waals surface area contributed by atoms with Gasteiger partial charge in [0.25, 0.3) is 6.43 Å². The predicted molar refractivity (Wildman–Crippen MR) is 121 cm³/mol. The molecule has 1 aromatic heterocycles. The van der Waals surface area contributed by atoms with Crippen molar-refractivity contribution in [3.63, 3.8) is 0 Å². The first-order chi connectivity index (χ1) is 13.0. The van der Waals surface area contributed by atoms with E-state index in [9.17, 15) is 8.78 Å². The summed E-state index contributed by atoms with van der Waals surface area (Å²) in [5, 5.41) is 7.61. The molecule has 28 heavy (non-hydrogen) atoms. The van der Waals surface area contributed by atoms with Crippen LogP contribution in [0.15, 0.2) is 29.3 Å². The molecule has 9 heteroatoms. The predicted octanol–water partition coefficient (Wildman–Crippen LogP) is 4.32. The molecular formula is C19H27F2IN4OS. The zero-order chi connectivity index (χ0) is 19.6. The number of benzene rings is 1. The molecule has 2 rings (SSSR count). The van der Waals surface area contributed by atoms with Gasteiger partial charge in [-0.25, -0.2) is 18.8 Å². The van der Waals surface area contributed by atoms with Gasteiger partial charge in [0.1, 0.15) is 12.4 Å². The number of aryl methyl sites for hydroxylation is 2. The van der Waals surface area contributed by atoms with Crippen LogP contribution in [0, 0.1) is 13.8 Å². The van der Waals surface area contributed by atoms with Gasteiger partial charge < -0.3 is 15.4 Å². The van der Waals surface area contributed by atoms with Crippen molar-refractivity contribution in [1.82, 2.24) is 15.6 Å². The van der Waals surface area contributed by atoms with Crippen LogP contribution < -0.4 is 15.4 Å². The second-order valence-electron chi connectivity index (χ2n) is 5.97. The highest BCUT2D eigenvalue weighted by molar-refractivity contribution is 14.0. The topological polar surface area (TPSA) is 58.5 Å². The normalized spacial score (nSPS) is 11.3. The molecule has 0 aliphatic heterocycles. The van der Waals surface area contributed by atoms with E-state index in [1.807, 2.05) is 19.9 Å². The fraction of sp³-hybridized carbons (Fsp3) is 0.474. The average molecular weight is 524 g/mol. The quantitative estimate of drug-likeness (QED) is 0.292. The number of thiazole rings is 1. The highest BCUT2D eigenvalue weighted by Gasteiger charge is 2.06. The number of ether oxygens (including phenoxy) is 1. The summed E-state index contributed by atoms with van der Waals surface area (Å²) in [6.45, 7) is 7.41. The summed E-state index contributed by atoms with van der Waals surface area (Å²) < 4.78 is 29.6. The Morgan fingerprint density at radius 2 is 2.07 bits per heavy atom. The lowest BCUT2D eigenvalue weighted by atomic mass is 10.2. The second-order valence-corrected chi connectivity index (χ2v) is 7.26. The molecule has 0 amide bonds. The summed E-state index contributed by atoms with van der Waals surface area (Å²) in [4.78, 5) is 10.3. The van der Waals surface area contributed by atoms with Crippen molar-refractivity contribution >= 4 is 41.3 Å². The summed E-state index contributed by atoms with van der Waals surface area (Å²) in [6.07, 6.45) is -1.65. The van der Waals surface area contributed by atoms with Gasteiger partial charge in [0, 0.05) is 24.4 Å². The Kier molecular flexibility index (Phi) is 11.3. The summed E-state index contributed by atoms with van der Waals surface area (Å²) in [5.41, 5.74) is 1.98. The largest absolute Gasteiger partial charge is 0.488 e. The summed E-state index contributed by atoms with van der Waals surface area (Å²) in [5.74, 6) is 1.14. The average Bonchev–Trinajstić information content (AvgIpc) is 2.96. The highest BCUT2D eigenvalue weighted by atomic mass is 127. The number of nitrogens with one attached hydrogen (secondary N) is 2. The number of alkyl halides is 2. The van der Waals surface area contributed by atoms with Crippen LogP contribution >= 0.6 is 35.3 Å². The van der Waals surface area contributed by atoms with E-state index in [0.717, 1.165) is 35.8 Å². The van der Waals surface area contributed by atoms with E-state index in [-0.39, 0.29) is 24.0 Å². The zero-order valence-corrected chi connectivity index (χ0v) is 19.4. The van der Waals surface area contributed by atoms with E-state index in [1.165, 1.54) is 4.88 Å². The minimum absolute atomic E-state index is 0. The third kappa shape index (κ3) is 8.68. The number of aromatic nitrogens is 1. The van der Waals surface area contributed by atoms with Crippen LogP contribution in [0.1, 0.15) is 28.1 Å². The Balaban J connectivity index is 0.00000392. The van der Waals surface area contributed by atoms with Gasteiger partial charge in [0.2, 0.25) is 0 Å². The van der Waals surface area contributed by atoms with E-state index in [1.54, 1.807) is 29.5 Å². The minimum Gasteiger partial charge on any atom is -0.488 e. The van der Waals surface area contributed by atoms with Crippen molar-refractivity contribution in [3.05, 3.63) is 45.4 Å². The summed E-state index contributed by atoms with van der Waals surface area (Å²) >= 11 is 1.72. The lowest BCUT2D eigenvalue weighted by Crippen LogP contribution is -2.38. The Morgan fingerprint density at radius 3 is 2.71 bits per heavy atom. The van der Waals surface area contributed by atoms with Crippen molar-refractivity contribution in [2.45, 2.75) is 40.2 Å². The van der Waals surface area contributed by atoms with Crippen molar-refractivity contribution in [2.24, 2.45) is 4.99 Å². The number of rotatable bonds is 9. The number of halogens is 3. The van der Waals surface area contributed by atoms with Gasteiger partial charge in [-0.15, -0.1) is 35.3 Å². The maximum atomic E-state index is 12.3. The van der Waals surface area contributed by atoms with Crippen LogP contribution in [-0.2, 0) is 13.0 Å². The molecule has 156 valence electrons. The molecule has 0 atom stereocenters. The first-order valence-electron chi connectivity index (χ1n) is 8.93. The van der Waals surface area contributed by atoms with Crippen LogP contribution in [0.2, 0.25) is 0 Å². The van der Waals surface area contributed by atoms with E-state index >= 15 is 0 Å². The fourth-order valence-electron chi connectivity index (χ4n) is 2.34. The smallest absolute Gasteiger partial charge is 0.272 e. The Morgan fingerprint density at radius 1 is 1.29 bits per heavy atom.